The molecule has 0 saturated carbocycles. The number of nitrogens with zero attached hydrogens (tertiary/aromatic N) is 5. The van der Waals surface area contributed by atoms with Gasteiger partial charge in [0.15, 0.2) is 5.82 Å². The van der Waals surface area contributed by atoms with E-state index in [0.29, 0.717) is 17.0 Å². The zero-order valence-corrected chi connectivity index (χ0v) is 13.5. The van der Waals surface area contributed by atoms with Crippen molar-refractivity contribution in [3.63, 3.8) is 0 Å². The molecule has 0 radical (unpaired) electrons. The molecule has 0 aliphatic heterocycles. The van der Waals surface area contributed by atoms with Gasteiger partial charge in [-0.15, -0.1) is 10.2 Å². The first-order valence-electron chi connectivity index (χ1n) is 6.51. The molecule has 0 saturated heterocycles. The summed E-state index contributed by atoms with van der Waals surface area (Å²) in [6.07, 6.45) is -2.05. The predicted octanol–water partition coefficient (Wildman–Crippen LogP) is 4.26. The zero-order chi connectivity index (χ0) is 17.5. The van der Waals surface area contributed by atoms with E-state index >= 15 is 0 Å². The standard InChI is InChI=1S/C14H8Cl2F3N5/c1-24-6-21-23-13(24)9-5-20-10(14(17,18)19)4-8(9)7-2-11(15)22-12(16)3-7/h2-6H,1H3. The second-order valence-corrected chi connectivity index (χ2v) is 5.65. The molecule has 10 heteroatoms. The van der Waals surface area contributed by atoms with Crippen LogP contribution in [-0.2, 0) is 13.2 Å². The molecule has 0 N–H and O–H groups in total. The highest BCUT2D eigenvalue weighted by Gasteiger charge is 2.33. The maximum absolute atomic E-state index is 13.0. The minimum Gasteiger partial charge on any atom is -0.317 e. The maximum Gasteiger partial charge on any atom is 0.433 e. The Kier molecular flexibility index (Phi) is 4.18. The van der Waals surface area contributed by atoms with E-state index in [9.17, 15) is 13.2 Å². The molecule has 0 unspecified atom stereocenters. The molecule has 0 aliphatic carbocycles. The van der Waals surface area contributed by atoms with Crippen molar-refractivity contribution in [2.45, 2.75) is 6.18 Å². The van der Waals surface area contributed by atoms with Crippen LogP contribution in [0.5, 0.6) is 0 Å². The van der Waals surface area contributed by atoms with Gasteiger partial charge in [0.25, 0.3) is 0 Å². The number of hydrogen-bond donors (Lipinski definition) is 0. The molecule has 0 bridgehead atoms. The lowest BCUT2D eigenvalue weighted by atomic mass is 10.0. The van der Waals surface area contributed by atoms with Crippen LogP contribution in [0.25, 0.3) is 22.5 Å². The molecule has 0 aromatic carbocycles. The third-order valence-corrected chi connectivity index (χ3v) is 3.61. The number of pyridine rings is 2. The van der Waals surface area contributed by atoms with Crippen LogP contribution in [0.2, 0.25) is 10.3 Å². The number of halogens is 5. The van der Waals surface area contributed by atoms with Gasteiger partial charge in [-0.3, -0.25) is 4.98 Å². The van der Waals surface area contributed by atoms with E-state index in [0.717, 1.165) is 12.3 Å². The van der Waals surface area contributed by atoms with Crippen LogP contribution in [0.3, 0.4) is 0 Å². The molecule has 3 rings (SSSR count). The SMILES string of the molecule is Cn1cnnc1-c1cnc(C(F)(F)F)cc1-c1cc(Cl)nc(Cl)c1. The lowest BCUT2D eigenvalue weighted by molar-refractivity contribution is -0.141. The highest BCUT2D eigenvalue weighted by atomic mass is 35.5. The van der Waals surface area contributed by atoms with E-state index < -0.39 is 11.9 Å². The molecule has 0 spiro atoms. The molecular formula is C14H8Cl2F3N5. The minimum atomic E-state index is -4.59. The lowest BCUT2D eigenvalue weighted by Crippen LogP contribution is -2.09. The van der Waals surface area contributed by atoms with Gasteiger partial charge in [0.05, 0.1) is 0 Å². The Balaban J connectivity index is 2.29. The monoisotopic (exact) mass is 373 g/mol. The number of aromatic nitrogens is 5. The van der Waals surface area contributed by atoms with Crippen LogP contribution in [0.15, 0.2) is 30.7 Å². The Morgan fingerprint density at radius 3 is 2.25 bits per heavy atom. The van der Waals surface area contributed by atoms with Gasteiger partial charge in [-0.1, -0.05) is 23.2 Å². The Morgan fingerprint density at radius 2 is 1.71 bits per heavy atom. The van der Waals surface area contributed by atoms with Crippen molar-refractivity contribution in [1.29, 1.82) is 0 Å². The first-order chi connectivity index (χ1) is 11.3. The van der Waals surface area contributed by atoms with E-state index in [1.807, 2.05) is 0 Å². The van der Waals surface area contributed by atoms with Gasteiger partial charge in [0.1, 0.15) is 22.3 Å². The molecule has 3 heterocycles. The van der Waals surface area contributed by atoms with Gasteiger partial charge in [-0.25, -0.2) is 4.98 Å². The van der Waals surface area contributed by atoms with Gasteiger partial charge in [-0.05, 0) is 29.3 Å². The molecule has 0 atom stereocenters. The molecule has 24 heavy (non-hydrogen) atoms. The maximum atomic E-state index is 13.0. The Bertz CT molecular complexity index is 887. The highest BCUT2D eigenvalue weighted by Crippen LogP contribution is 2.37. The van der Waals surface area contributed by atoms with Crippen LogP contribution >= 0.6 is 23.2 Å². The van der Waals surface area contributed by atoms with Crippen molar-refractivity contribution >= 4 is 23.2 Å². The number of aryl methyl sites for hydroxylation is 1. The fourth-order valence-corrected chi connectivity index (χ4v) is 2.64. The summed E-state index contributed by atoms with van der Waals surface area (Å²) in [6.45, 7) is 0. The Hall–Kier alpha value is -2.19. The quantitative estimate of drug-likeness (QED) is 0.629. The number of alkyl halides is 3. The summed E-state index contributed by atoms with van der Waals surface area (Å²) >= 11 is 11.7. The molecule has 124 valence electrons. The van der Waals surface area contributed by atoms with E-state index in [1.54, 1.807) is 11.6 Å². The lowest BCUT2D eigenvalue weighted by Gasteiger charge is -2.13. The summed E-state index contributed by atoms with van der Waals surface area (Å²) in [7, 11) is 1.67. The average Bonchev–Trinajstić information content (AvgIpc) is 2.90. The van der Waals surface area contributed by atoms with E-state index in [-0.39, 0.29) is 15.9 Å². The topological polar surface area (TPSA) is 56.5 Å². The largest absolute Gasteiger partial charge is 0.433 e. The molecular weight excluding hydrogens is 366 g/mol. The van der Waals surface area contributed by atoms with E-state index in [4.69, 9.17) is 23.2 Å². The summed E-state index contributed by atoms with van der Waals surface area (Å²) in [5.41, 5.74) is -0.0840. The number of hydrogen-bond acceptors (Lipinski definition) is 4. The van der Waals surface area contributed by atoms with Gasteiger partial charge in [-0.2, -0.15) is 13.2 Å². The third kappa shape index (κ3) is 3.20. The van der Waals surface area contributed by atoms with Crippen LogP contribution in [0.4, 0.5) is 13.2 Å². The number of rotatable bonds is 2. The molecule has 3 aromatic rings. The van der Waals surface area contributed by atoms with Crippen molar-refractivity contribution in [3.8, 4) is 22.5 Å². The summed E-state index contributed by atoms with van der Waals surface area (Å²) in [6, 6.07) is 3.76. The Labute approximate surface area is 144 Å². The van der Waals surface area contributed by atoms with Crippen LogP contribution < -0.4 is 0 Å². The van der Waals surface area contributed by atoms with E-state index in [1.165, 1.54) is 18.5 Å². The molecule has 5 nitrogen and oxygen atoms in total. The first-order valence-corrected chi connectivity index (χ1v) is 7.26. The normalized spacial score (nSPS) is 11.8. The molecule has 0 amide bonds. The van der Waals surface area contributed by atoms with E-state index in [2.05, 4.69) is 20.2 Å². The predicted molar refractivity (Wildman–Crippen MR) is 82.5 cm³/mol. The fourth-order valence-electron chi connectivity index (χ4n) is 2.17. The second kappa shape index (κ2) is 6.03. The first kappa shape index (κ1) is 16.7. The second-order valence-electron chi connectivity index (χ2n) is 4.88. The Morgan fingerprint density at radius 1 is 1.04 bits per heavy atom. The van der Waals surface area contributed by atoms with Gasteiger partial charge < -0.3 is 4.57 Å². The fraction of sp³-hybridized carbons (Fsp3) is 0.143. The molecule has 0 aliphatic rings. The summed E-state index contributed by atoms with van der Waals surface area (Å²) < 4.78 is 40.7. The third-order valence-electron chi connectivity index (χ3n) is 3.22. The molecule has 3 aromatic heterocycles. The summed E-state index contributed by atoms with van der Waals surface area (Å²) in [5, 5.41) is 7.78. The summed E-state index contributed by atoms with van der Waals surface area (Å²) in [5.74, 6) is 0.357. The van der Waals surface area contributed by atoms with Crippen LogP contribution in [0.1, 0.15) is 5.69 Å². The molecule has 0 fully saturated rings. The van der Waals surface area contributed by atoms with Crippen molar-refractivity contribution in [2.24, 2.45) is 7.05 Å². The minimum absolute atomic E-state index is 0.0618. The average molecular weight is 374 g/mol. The van der Waals surface area contributed by atoms with Gasteiger partial charge in [0, 0.05) is 18.8 Å². The van der Waals surface area contributed by atoms with Crippen molar-refractivity contribution in [3.05, 3.63) is 46.7 Å². The van der Waals surface area contributed by atoms with Crippen LogP contribution in [0, 0.1) is 0 Å². The van der Waals surface area contributed by atoms with Crippen molar-refractivity contribution in [2.75, 3.05) is 0 Å². The smallest absolute Gasteiger partial charge is 0.317 e. The van der Waals surface area contributed by atoms with Gasteiger partial charge in [0.2, 0.25) is 0 Å². The summed E-state index contributed by atoms with van der Waals surface area (Å²) in [4.78, 5) is 7.29. The van der Waals surface area contributed by atoms with Gasteiger partial charge >= 0.3 is 6.18 Å². The van der Waals surface area contributed by atoms with Crippen LogP contribution in [-0.4, -0.2) is 24.7 Å². The van der Waals surface area contributed by atoms with Crippen molar-refractivity contribution in [1.82, 2.24) is 24.7 Å². The zero-order valence-electron chi connectivity index (χ0n) is 12.0. The van der Waals surface area contributed by atoms with Crippen molar-refractivity contribution < 1.29 is 13.2 Å². The highest BCUT2D eigenvalue weighted by molar-refractivity contribution is 6.32.